The summed E-state index contributed by atoms with van der Waals surface area (Å²) in [6.45, 7) is 4.51. The Bertz CT molecular complexity index is 824. The largest absolute Gasteiger partial charge is 0.453 e. The van der Waals surface area contributed by atoms with Crippen molar-refractivity contribution in [3.8, 4) is 11.5 Å². The van der Waals surface area contributed by atoms with E-state index in [2.05, 4.69) is 31.2 Å². The van der Waals surface area contributed by atoms with Crippen molar-refractivity contribution < 1.29 is 9.47 Å². The van der Waals surface area contributed by atoms with E-state index in [0.29, 0.717) is 18.2 Å². The smallest absolute Gasteiger partial charge is 0.188 e. The highest BCUT2D eigenvalue weighted by Gasteiger charge is 2.11. The Morgan fingerprint density at radius 1 is 1.24 bits per heavy atom. The zero-order valence-electron chi connectivity index (χ0n) is 13.9. The van der Waals surface area contributed by atoms with E-state index in [-0.39, 0.29) is 6.10 Å². The fraction of sp³-hybridized carbons (Fsp3) is 0.222. The fourth-order valence-electron chi connectivity index (χ4n) is 1.99. The van der Waals surface area contributed by atoms with Crippen LogP contribution in [0, 0.1) is 0 Å². The number of aromatic nitrogens is 2. The van der Waals surface area contributed by atoms with Crippen molar-refractivity contribution in [1.29, 1.82) is 0 Å². The maximum absolute atomic E-state index is 5.95. The highest BCUT2D eigenvalue weighted by atomic mass is 79.9. The quantitative estimate of drug-likeness (QED) is 0.527. The number of benzene rings is 1. The van der Waals surface area contributed by atoms with E-state index in [4.69, 9.17) is 9.47 Å². The Morgan fingerprint density at radius 3 is 2.80 bits per heavy atom. The number of hydrogen-bond donors (Lipinski definition) is 1. The third kappa shape index (κ3) is 5.26. The third-order valence-corrected chi connectivity index (χ3v) is 4.37. The average molecular weight is 420 g/mol. The van der Waals surface area contributed by atoms with Gasteiger partial charge in [-0.25, -0.2) is 9.97 Å². The second-order valence-corrected chi connectivity index (χ2v) is 7.32. The SMILES string of the molecule is CC(C)OCc1csc(Nc2ncc(Br)cc2Oc2ccccc2)n1. The van der Waals surface area contributed by atoms with Gasteiger partial charge in [-0.3, -0.25) is 0 Å². The molecule has 0 aliphatic rings. The topological polar surface area (TPSA) is 56.3 Å². The first kappa shape index (κ1) is 17.8. The molecule has 0 aliphatic heterocycles. The Kier molecular flexibility index (Phi) is 6.01. The van der Waals surface area contributed by atoms with Crippen molar-refractivity contribution in [2.24, 2.45) is 0 Å². The molecule has 0 radical (unpaired) electrons. The van der Waals surface area contributed by atoms with E-state index in [1.165, 1.54) is 11.3 Å². The molecule has 1 N–H and O–H groups in total. The Morgan fingerprint density at radius 2 is 2.04 bits per heavy atom. The number of para-hydroxylation sites is 1. The van der Waals surface area contributed by atoms with E-state index in [0.717, 1.165) is 21.0 Å². The van der Waals surface area contributed by atoms with E-state index >= 15 is 0 Å². The van der Waals surface area contributed by atoms with Crippen molar-refractivity contribution in [3.63, 3.8) is 0 Å². The van der Waals surface area contributed by atoms with Crippen molar-refractivity contribution >= 4 is 38.2 Å². The van der Waals surface area contributed by atoms with Gasteiger partial charge in [0, 0.05) is 22.1 Å². The lowest BCUT2D eigenvalue weighted by Crippen LogP contribution is -2.02. The molecule has 0 amide bonds. The van der Waals surface area contributed by atoms with Crippen LogP contribution in [-0.2, 0) is 11.3 Å². The summed E-state index contributed by atoms with van der Waals surface area (Å²) in [7, 11) is 0. The zero-order chi connectivity index (χ0) is 17.6. The zero-order valence-corrected chi connectivity index (χ0v) is 16.3. The molecule has 0 unspecified atom stereocenters. The van der Waals surface area contributed by atoms with Crippen molar-refractivity contribution in [2.75, 3.05) is 5.32 Å². The standard InChI is InChI=1S/C18H18BrN3O2S/c1-12(2)23-10-14-11-25-18(21-14)22-17-16(8-13(19)9-20-17)24-15-6-4-3-5-7-15/h3-9,11-12H,10H2,1-2H3,(H,20,21,22). The lowest BCUT2D eigenvalue weighted by atomic mass is 10.3. The van der Waals surface area contributed by atoms with Gasteiger partial charge in [-0.2, -0.15) is 0 Å². The van der Waals surface area contributed by atoms with E-state index in [1.807, 2.05) is 55.6 Å². The molecule has 0 saturated carbocycles. The third-order valence-electron chi connectivity index (χ3n) is 3.13. The van der Waals surface area contributed by atoms with Crippen LogP contribution < -0.4 is 10.1 Å². The number of anilines is 2. The summed E-state index contributed by atoms with van der Waals surface area (Å²) in [5, 5.41) is 5.94. The molecule has 3 rings (SSSR count). The normalized spacial score (nSPS) is 10.9. The van der Waals surface area contributed by atoms with Crippen molar-refractivity contribution in [3.05, 3.63) is 58.1 Å². The van der Waals surface area contributed by atoms with Gasteiger partial charge in [0.15, 0.2) is 16.7 Å². The molecule has 2 aromatic heterocycles. The maximum Gasteiger partial charge on any atom is 0.188 e. The highest BCUT2D eigenvalue weighted by molar-refractivity contribution is 9.10. The number of rotatable bonds is 7. The molecule has 1 aromatic carbocycles. The molecule has 0 fully saturated rings. The molecule has 5 nitrogen and oxygen atoms in total. The van der Waals surface area contributed by atoms with Gasteiger partial charge in [-0.05, 0) is 41.9 Å². The van der Waals surface area contributed by atoms with Crippen molar-refractivity contribution in [1.82, 2.24) is 9.97 Å². The Hall–Kier alpha value is -1.96. The first-order valence-electron chi connectivity index (χ1n) is 7.81. The predicted octanol–water partition coefficient (Wildman–Crippen LogP) is 5.76. The molecule has 7 heteroatoms. The first-order valence-corrected chi connectivity index (χ1v) is 9.49. The number of thiazole rings is 1. The Balaban J connectivity index is 1.76. The number of nitrogens with one attached hydrogen (secondary N) is 1. The van der Waals surface area contributed by atoms with Crippen LogP contribution in [0.5, 0.6) is 11.5 Å². The number of pyridine rings is 1. The highest BCUT2D eigenvalue weighted by Crippen LogP contribution is 2.33. The molecule has 3 aromatic rings. The predicted molar refractivity (Wildman–Crippen MR) is 104 cm³/mol. The minimum absolute atomic E-state index is 0.178. The van der Waals surface area contributed by atoms with Gasteiger partial charge in [0.2, 0.25) is 0 Å². The average Bonchev–Trinajstić information content (AvgIpc) is 3.04. The lowest BCUT2D eigenvalue weighted by Gasteiger charge is -2.11. The van der Waals surface area contributed by atoms with Gasteiger partial charge < -0.3 is 14.8 Å². The van der Waals surface area contributed by atoms with Gasteiger partial charge in [0.1, 0.15) is 5.75 Å². The summed E-state index contributed by atoms with van der Waals surface area (Å²) >= 11 is 4.94. The number of nitrogens with zero attached hydrogens (tertiary/aromatic N) is 2. The van der Waals surface area contributed by atoms with Crippen LogP contribution in [0.1, 0.15) is 19.5 Å². The maximum atomic E-state index is 5.95. The van der Waals surface area contributed by atoms with Crippen LogP contribution in [0.25, 0.3) is 0 Å². The van der Waals surface area contributed by atoms with E-state index < -0.39 is 0 Å². The number of ether oxygens (including phenoxy) is 2. The van der Waals surface area contributed by atoms with Crippen molar-refractivity contribution in [2.45, 2.75) is 26.6 Å². The molecule has 0 spiro atoms. The summed E-state index contributed by atoms with van der Waals surface area (Å²) in [5.41, 5.74) is 0.892. The van der Waals surface area contributed by atoms with Gasteiger partial charge in [0.25, 0.3) is 0 Å². The van der Waals surface area contributed by atoms with Crippen LogP contribution in [0.3, 0.4) is 0 Å². The van der Waals surface area contributed by atoms with E-state index in [1.54, 1.807) is 6.20 Å². The molecule has 130 valence electrons. The molecule has 25 heavy (non-hydrogen) atoms. The minimum Gasteiger partial charge on any atom is -0.453 e. The summed E-state index contributed by atoms with van der Waals surface area (Å²) in [5.74, 6) is 1.98. The molecule has 0 bridgehead atoms. The van der Waals surface area contributed by atoms with Gasteiger partial charge in [-0.15, -0.1) is 11.3 Å². The minimum atomic E-state index is 0.178. The van der Waals surface area contributed by atoms with Gasteiger partial charge in [-0.1, -0.05) is 18.2 Å². The molecule has 0 aliphatic carbocycles. The second kappa shape index (κ2) is 8.42. The first-order chi connectivity index (χ1) is 12.1. The van der Waals surface area contributed by atoms with Gasteiger partial charge in [0.05, 0.1) is 18.4 Å². The number of hydrogen-bond acceptors (Lipinski definition) is 6. The Labute approximate surface area is 159 Å². The molecule has 0 atom stereocenters. The van der Waals surface area contributed by atoms with E-state index in [9.17, 15) is 0 Å². The van der Waals surface area contributed by atoms with Crippen LogP contribution in [0.2, 0.25) is 0 Å². The molecule has 0 saturated heterocycles. The summed E-state index contributed by atoms with van der Waals surface area (Å²) in [6, 6.07) is 11.5. The van der Waals surface area contributed by atoms with Crippen LogP contribution in [0.15, 0.2) is 52.4 Å². The number of halogens is 1. The van der Waals surface area contributed by atoms with Gasteiger partial charge >= 0.3 is 0 Å². The molecular weight excluding hydrogens is 402 g/mol. The van der Waals surface area contributed by atoms with Crippen LogP contribution in [-0.4, -0.2) is 16.1 Å². The summed E-state index contributed by atoms with van der Waals surface area (Å²) in [6.07, 6.45) is 1.90. The molecule has 2 heterocycles. The fourth-order valence-corrected chi connectivity index (χ4v) is 3.00. The summed E-state index contributed by atoms with van der Waals surface area (Å²) < 4.78 is 12.4. The second-order valence-electron chi connectivity index (χ2n) is 5.54. The lowest BCUT2D eigenvalue weighted by molar-refractivity contribution is 0.0639. The summed E-state index contributed by atoms with van der Waals surface area (Å²) in [4.78, 5) is 8.93. The van der Waals surface area contributed by atoms with Crippen LogP contribution in [0.4, 0.5) is 10.9 Å². The monoisotopic (exact) mass is 419 g/mol. The van der Waals surface area contributed by atoms with Crippen LogP contribution >= 0.6 is 27.3 Å². The molecular formula is C18H18BrN3O2S.